The molecule has 1 aliphatic heterocycles. The zero-order valence-electron chi connectivity index (χ0n) is 13.0. The molecule has 2 rings (SSSR count). The Labute approximate surface area is 123 Å². The molecule has 6 heteroatoms. The lowest BCUT2D eigenvalue weighted by atomic mass is 9.67. The summed E-state index contributed by atoms with van der Waals surface area (Å²) >= 11 is 0. The van der Waals surface area contributed by atoms with E-state index in [4.69, 9.17) is 5.73 Å². The SMILES string of the molecule is CC1CCCC(CN)(N2CCN(S(C)(=O)=O)CC2)C1C. The van der Waals surface area contributed by atoms with Crippen LogP contribution in [0.3, 0.4) is 0 Å². The van der Waals surface area contributed by atoms with Gasteiger partial charge in [-0.15, -0.1) is 0 Å². The predicted octanol–water partition coefficient (Wildman–Crippen LogP) is 0.717. The van der Waals surface area contributed by atoms with Crippen LogP contribution in [0, 0.1) is 11.8 Å². The number of piperazine rings is 1. The standard InChI is InChI=1S/C14H29N3O2S/c1-12-5-4-6-14(11-15,13(12)2)16-7-9-17(10-8-16)20(3,18)19/h12-13H,4-11,15H2,1-3H3. The normalized spacial score (nSPS) is 38.0. The Kier molecular flexibility index (Phi) is 4.79. The third kappa shape index (κ3) is 2.89. The maximum absolute atomic E-state index is 11.6. The van der Waals surface area contributed by atoms with Gasteiger partial charge in [-0.25, -0.2) is 8.42 Å². The third-order valence-corrected chi connectivity index (χ3v) is 6.96. The summed E-state index contributed by atoms with van der Waals surface area (Å²) in [7, 11) is -3.06. The summed E-state index contributed by atoms with van der Waals surface area (Å²) in [5.41, 5.74) is 6.24. The Morgan fingerprint density at radius 3 is 2.30 bits per heavy atom. The van der Waals surface area contributed by atoms with Crippen LogP contribution in [-0.2, 0) is 10.0 Å². The van der Waals surface area contributed by atoms with Crippen molar-refractivity contribution < 1.29 is 8.42 Å². The molecule has 2 aliphatic rings. The van der Waals surface area contributed by atoms with Crippen LogP contribution >= 0.6 is 0 Å². The molecule has 2 N–H and O–H groups in total. The number of rotatable bonds is 3. The van der Waals surface area contributed by atoms with Crippen LogP contribution < -0.4 is 5.73 Å². The minimum atomic E-state index is -3.06. The topological polar surface area (TPSA) is 66.6 Å². The number of nitrogens with zero attached hydrogens (tertiary/aromatic N) is 2. The lowest BCUT2D eigenvalue weighted by molar-refractivity contribution is -0.0267. The third-order valence-electron chi connectivity index (χ3n) is 5.66. The van der Waals surface area contributed by atoms with E-state index >= 15 is 0 Å². The van der Waals surface area contributed by atoms with E-state index in [1.165, 1.54) is 19.1 Å². The van der Waals surface area contributed by atoms with Gasteiger partial charge in [0.2, 0.25) is 10.0 Å². The lowest BCUT2D eigenvalue weighted by Gasteiger charge is -2.54. The molecular weight excluding hydrogens is 274 g/mol. The zero-order chi connectivity index (χ0) is 15.0. The molecule has 0 radical (unpaired) electrons. The first kappa shape index (κ1) is 16.2. The van der Waals surface area contributed by atoms with Gasteiger partial charge in [0.05, 0.1) is 6.26 Å². The predicted molar refractivity (Wildman–Crippen MR) is 82.0 cm³/mol. The van der Waals surface area contributed by atoms with Crippen LogP contribution in [0.15, 0.2) is 0 Å². The summed E-state index contributed by atoms with van der Waals surface area (Å²) in [4.78, 5) is 2.47. The molecule has 0 spiro atoms. The van der Waals surface area contributed by atoms with Crippen molar-refractivity contribution in [3.8, 4) is 0 Å². The van der Waals surface area contributed by atoms with Gasteiger partial charge in [-0.3, -0.25) is 4.90 Å². The summed E-state index contributed by atoms with van der Waals surface area (Å²) in [6.45, 7) is 8.13. The van der Waals surface area contributed by atoms with Crippen molar-refractivity contribution in [2.24, 2.45) is 17.6 Å². The molecule has 0 aromatic rings. The zero-order valence-corrected chi connectivity index (χ0v) is 13.8. The molecule has 1 saturated carbocycles. The second kappa shape index (κ2) is 5.91. The van der Waals surface area contributed by atoms with Gasteiger partial charge < -0.3 is 5.73 Å². The molecule has 5 nitrogen and oxygen atoms in total. The number of hydrogen-bond donors (Lipinski definition) is 1. The molecule has 1 aliphatic carbocycles. The Hall–Kier alpha value is -0.170. The van der Waals surface area contributed by atoms with E-state index in [9.17, 15) is 8.42 Å². The van der Waals surface area contributed by atoms with Crippen molar-refractivity contribution in [1.29, 1.82) is 0 Å². The van der Waals surface area contributed by atoms with E-state index in [2.05, 4.69) is 18.7 Å². The van der Waals surface area contributed by atoms with Gasteiger partial charge in [0.25, 0.3) is 0 Å². The highest BCUT2D eigenvalue weighted by atomic mass is 32.2. The molecule has 118 valence electrons. The molecule has 1 heterocycles. The van der Waals surface area contributed by atoms with Crippen LogP contribution in [0.2, 0.25) is 0 Å². The van der Waals surface area contributed by atoms with Gasteiger partial charge in [0.15, 0.2) is 0 Å². The molecule has 20 heavy (non-hydrogen) atoms. The monoisotopic (exact) mass is 303 g/mol. The van der Waals surface area contributed by atoms with Gasteiger partial charge in [0, 0.05) is 38.3 Å². The second-order valence-electron chi connectivity index (χ2n) is 6.61. The lowest BCUT2D eigenvalue weighted by Crippen LogP contribution is -2.65. The van der Waals surface area contributed by atoms with Crippen molar-refractivity contribution in [2.45, 2.75) is 38.6 Å². The van der Waals surface area contributed by atoms with Crippen LogP contribution in [0.1, 0.15) is 33.1 Å². The highest BCUT2D eigenvalue weighted by Gasteiger charge is 2.45. The first-order valence-electron chi connectivity index (χ1n) is 7.71. The molecule has 3 unspecified atom stereocenters. The van der Waals surface area contributed by atoms with E-state index in [0.717, 1.165) is 19.5 Å². The molecule has 0 bridgehead atoms. The Balaban J connectivity index is 2.10. The molecular formula is C14H29N3O2S. The summed E-state index contributed by atoms with van der Waals surface area (Å²) < 4.78 is 24.8. The van der Waals surface area contributed by atoms with Crippen molar-refractivity contribution >= 4 is 10.0 Å². The Bertz CT molecular complexity index is 432. The maximum Gasteiger partial charge on any atom is 0.211 e. The van der Waals surface area contributed by atoms with Crippen LogP contribution in [0.5, 0.6) is 0 Å². The van der Waals surface area contributed by atoms with E-state index in [0.29, 0.717) is 31.5 Å². The summed E-state index contributed by atoms with van der Waals surface area (Å²) in [6, 6.07) is 0. The number of sulfonamides is 1. The van der Waals surface area contributed by atoms with Crippen molar-refractivity contribution in [2.75, 3.05) is 39.0 Å². The highest BCUT2D eigenvalue weighted by molar-refractivity contribution is 7.88. The average Bonchev–Trinajstić information content (AvgIpc) is 2.41. The number of hydrogen-bond acceptors (Lipinski definition) is 4. The van der Waals surface area contributed by atoms with Crippen molar-refractivity contribution in [1.82, 2.24) is 9.21 Å². The van der Waals surface area contributed by atoms with Gasteiger partial charge in [-0.2, -0.15) is 4.31 Å². The second-order valence-corrected chi connectivity index (χ2v) is 8.60. The van der Waals surface area contributed by atoms with Gasteiger partial charge >= 0.3 is 0 Å². The van der Waals surface area contributed by atoms with E-state index in [1.54, 1.807) is 4.31 Å². The first-order chi connectivity index (χ1) is 9.31. The minimum absolute atomic E-state index is 0.0707. The maximum atomic E-state index is 11.6. The van der Waals surface area contributed by atoms with E-state index < -0.39 is 10.0 Å². The minimum Gasteiger partial charge on any atom is -0.329 e. The fourth-order valence-corrected chi connectivity index (χ4v) is 4.89. The highest BCUT2D eigenvalue weighted by Crippen LogP contribution is 2.41. The van der Waals surface area contributed by atoms with Gasteiger partial charge in [-0.1, -0.05) is 26.7 Å². The van der Waals surface area contributed by atoms with E-state index in [-0.39, 0.29) is 5.54 Å². The first-order valence-corrected chi connectivity index (χ1v) is 9.56. The fraction of sp³-hybridized carbons (Fsp3) is 1.00. The van der Waals surface area contributed by atoms with Crippen molar-refractivity contribution in [3.05, 3.63) is 0 Å². The van der Waals surface area contributed by atoms with Crippen LogP contribution in [0.4, 0.5) is 0 Å². The Morgan fingerprint density at radius 2 is 1.80 bits per heavy atom. The Morgan fingerprint density at radius 1 is 1.20 bits per heavy atom. The smallest absolute Gasteiger partial charge is 0.211 e. The largest absolute Gasteiger partial charge is 0.329 e. The summed E-state index contributed by atoms with van der Waals surface area (Å²) in [5, 5.41) is 0. The average molecular weight is 303 g/mol. The molecule has 3 atom stereocenters. The van der Waals surface area contributed by atoms with Crippen LogP contribution in [0.25, 0.3) is 0 Å². The van der Waals surface area contributed by atoms with Gasteiger partial charge in [0.1, 0.15) is 0 Å². The quantitative estimate of drug-likeness (QED) is 0.834. The fourth-order valence-electron chi connectivity index (χ4n) is 4.07. The summed E-state index contributed by atoms with van der Waals surface area (Å²) in [6.07, 6.45) is 4.96. The summed E-state index contributed by atoms with van der Waals surface area (Å²) in [5.74, 6) is 1.27. The van der Waals surface area contributed by atoms with E-state index in [1.807, 2.05) is 0 Å². The molecule has 2 fully saturated rings. The molecule has 0 amide bonds. The molecule has 0 aromatic heterocycles. The van der Waals surface area contributed by atoms with Crippen LogP contribution in [-0.4, -0.2) is 62.1 Å². The van der Waals surface area contributed by atoms with Crippen molar-refractivity contribution in [3.63, 3.8) is 0 Å². The number of nitrogens with two attached hydrogens (primary N) is 1. The van der Waals surface area contributed by atoms with Gasteiger partial charge in [-0.05, 0) is 18.3 Å². The molecule has 1 saturated heterocycles. The molecule has 0 aromatic carbocycles.